The minimum atomic E-state index is -0.260. The van der Waals surface area contributed by atoms with Crippen LogP contribution >= 0.6 is 11.3 Å². The molecule has 1 saturated heterocycles. The van der Waals surface area contributed by atoms with Gasteiger partial charge in [0, 0.05) is 22.4 Å². The minimum absolute atomic E-state index is 0.260. The van der Waals surface area contributed by atoms with E-state index in [0.29, 0.717) is 0 Å². The van der Waals surface area contributed by atoms with Crippen molar-refractivity contribution >= 4 is 27.0 Å². The molecule has 110 valence electrons. The third-order valence-corrected chi connectivity index (χ3v) is 5.99. The Morgan fingerprint density at radius 3 is 2.52 bits per heavy atom. The molecule has 3 heteroatoms. The lowest BCUT2D eigenvalue weighted by Crippen LogP contribution is -2.33. The van der Waals surface area contributed by atoms with Crippen molar-refractivity contribution in [3.05, 3.63) is 40.8 Å². The van der Waals surface area contributed by atoms with E-state index in [0.717, 1.165) is 38.9 Å². The fourth-order valence-corrected chi connectivity index (χ4v) is 4.55. The van der Waals surface area contributed by atoms with Crippen LogP contribution in [0.5, 0.6) is 0 Å². The fraction of sp³-hybridized carbons (Fsp3) is 0.444. The summed E-state index contributed by atoms with van der Waals surface area (Å²) in [6.45, 7) is 3.79. The van der Waals surface area contributed by atoms with Gasteiger partial charge >= 0.3 is 0 Å². The quantitative estimate of drug-likeness (QED) is 0.738. The maximum atomic E-state index is 5.82. The van der Waals surface area contributed by atoms with Crippen molar-refractivity contribution < 1.29 is 9.47 Å². The molecule has 2 aliphatic rings. The Kier molecular flexibility index (Phi) is 3.37. The Morgan fingerprint density at radius 2 is 1.81 bits per heavy atom. The predicted octanol–water partition coefficient (Wildman–Crippen LogP) is 4.99. The van der Waals surface area contributed by atoms with Crippen LogP contribution in [0.25, 0.3) is 15.7 Å². The predicted molar refractivity (Wildman–Crippen MR) is 87.5 cm³/mol. The largest absolute Gasteiger partial charge is 0.348 e. The van der Waals surface area contributed by atoms with Gasteiger partial charge in [-0.1, -0.05) is 23.8 Å². The Morgan fingerprint density at radius 1 is 1.10 bits per heavy atom. The topological polar surface area (TPSA) is 18.5 Å². The summed E-state index contributed by atoms with van der Waals surface area (Å²) >= 11 is 1.90. The minimum Gasteiger partial charge on any atom is -0.348 e. The lowest BCUT2D eigenvalue weighted by molar-refractivity contribution is -0.171. The van der Waals surface area contributed by atoms with Crippen molar-refractivity contribution in [2.24, 2.45) is 0 Å². The van der Waals surface area contributed by atoms with Gasteiger partial charge in [-0.25, -0.2) is 0 Å². The monoisotopic (exact) mass is 300 g/mol. The van der Waals surface area contributed by atoms with Gasteiger partial charge in [0.25, 0.3) is 0 Å². The number of ether oxygens (including phenoxy) is 2. The number of hydrogen-bond donors (Lipinski definition) is 0. The SMILES string of the molecule is CC(=C1CCC2(CC1)OCCO2)c1cc2ccccc2s1. The third-order valence-electron chi connectivity index (χ3n) is 4.75. The highest BCUT2D eigenvalue weighted by molar-refractivity contribution is 7.20. The normalized spacial score (nSPS) is 21.3. The van der Waals surface area contributed by atoms with Gasteiger partial charge in [0.05, 0.1) is 13.2 Å². The average Bonchev–Trinajstić information content (AvgIpc) is 3.14. The summed E-state index contributed by atoms with van der Waals surface area (Å²) in [6, 6.07) is 11.0. The molecule has 4 rings (SSSR count). The van der Waals surface area contributed by atoms with E-state index < -0.39 is 0 Å². The maximum Gasteiger partial charge on any atom is 0.169 e. The molecule has 0 N–H and O–H groups in total. The molecule has 0 radical (unpaired) electrons. The number of benzene rings is 1. The summed E-state index contributed by atoms with van der Waals surface area (Å²) in [5.74, 6) is -0.260. The molecule has 2 heterocycles. The fourth-order valence-electron chi connectivity index (χ4n) is 3.43. The van der Waals surface area contributed by atoms with Gasteiger partial charge in [0.15, 0.2) is 5.79 Å². The lowest BCUT2D eigenvalue weighted by Gasteiger charge is -2.33. The first-order valence-electron chi connectivity index (χ1n) is 7.71. The molecular weight excluding hydrogens is 280 g/mol. The van der Waals surface area contributed by atoms with Gasteiger partial charge < -0.3 is 9.47 Å². The van der Waals surface area contributed by atoms with Gasteiger partial charge in [0.2, 0.25) is 0 Å². The van der Waals surface area contributed by atoms with E-state index in [1.807, 2.05) is 11.3 Å². The Bertz CT molecular complexity index is 647. The first-order valence-corrected chi connectivity index (χ1v) is 8.53. The molecule has 0 unspecified atom stereocenters. The molecule has 1 spiro atoms. The molecule has 0 bridgehead atoms. The zero-order valence-electron chi connectivity index (χ0n) is 12.4. The molecule has 1 aromatic carbocycles. The van der Waals surface area contributed by atoms with E-state index in [1.165, 1.54) is 20.5 Å². The van der Waals surface area contributed by atoms with E-state index in [2.05, 4.69) is 37.3 Å². The van der Waals surface area contributed by atoms with E-state index in [9.17, 15) is 0 Å². The summed E-state index contributed by atoms with van der Waals surface area (Å²) in [5.41, 5.74) is 3.04. The van der Waals surface area contributed by atoms with E-state index in [1.54, 1.807) is 5.57 Å². The lowest BCUT2D eigenvalue weighted by atomic mass is 9.87. The van der Waals surface area contributed by atoms with Crippen molar-refractivity contribution in [1.29, 1.82) is 0 Å². The third kappa shape index (κ3) is 2.44. The van der Waals surface area contributed by atoms with Crippen LogP contribution in [0.2, 0.25) is 0 Å². The molecular formula is C18H20O2S. The van der Waals surface area contributed by atoms with Gasteiger partial charge in [-0.3, -0.25) is 0 Å². The van der Waals surface area contributed by atoms with Gasteiger partial charge in [-0.15, -0.1) is 11.3 Å². The van der Waals surface area contributed by atoms with Crippen molar-refractivity contribution in [2.75, 3.05) is 13.2 Å². The first kappa shape index (κ1) is 13.5. The number of rotatable bonds is 1. The first-order chi connectivity index (χ1) is 10.3. The Labute approximate surface area is 129 Å². The Balaban J connectivity index is 1.60. The second-order valence-electron chi connectivity index (χ2n) is 5.98. The van der Waals surface area contributed by atoms with Crippen molar-refractivity contribution in [2.45, 2.75) is 38.4 Å². The summed E-state index contributed by atoms with van der Waals surface area (Å²) in [4.78, 5) is 1.41. The number of fused-ring (bicyclic) bond motifs is 1. The highest BCUT2D eigenvalue weighted by atomic mass is 32.1. The van der Waals surface area contributed by atoms with E-state index in [4.69, 9.17) is 9.47 Å². The summed E-state index contributed by atoms with van der Waals surface area (Å²) in [6.07, 6.45) is 4.20. The number of allylic oxidation sites excluding steroid dienone is 2. The van der Waals surface area contributed by atoms with Crippen LogP contribution in [-0.4, -0.2) is 19.0 Å². The molecule has 1 aromatic heterocycles. The second-order valence-corrected chi connectivity index (χ2v) is 7.07. The Hall–Kier alpha value is -1.16. The highest BCUT2D eigenvalue weighted by Gasteiger charge is 2.39. The molecule has 21 heavy (non-hydrogen) atoms. The molecule has 0 atom stereocenters. The van der Waals surface area contributed by atoms with Crippen LogP contribution in [0.15, 0.2) is 35.9 Å². The molecule has 1 aliphatic heterocycles. The highest BCUT2D eigenvalue weighted by Crippen LogP contribution is 2.41. The summed E-state index contributed by atoms with van der Waals surface area (Å²) in [5, 5.41) is 1.35. The van der Waals surface area contributed by atoms with Crippen LogP contribution in [-0.2, 0) is 9.47 Å². The van der Waals surface area contributed by atoms with E-state index >= 15 is 0 Å². The van der Waals surface area contributed by atoms with E-state index in [-0.39, 0.29) is 5.79 Å². The second kappa shape index (κ2) is 5.24. The van der Waals surface area contributed by atoms with Gasteiger partial charge in [0.1, 0.15) is 0 Å². The zero-order chi connectivity index (χ0) is 14.3. The molecule has 0 amide bonds. The van der Waals surface area contributed by atoms with Crippen molar-refractivity contribution in [3.63, 3.8) is 0 Å². The van der Waals surface area contributed by atoms with Crippen molar-refractivity contribution in [3.8, 4) is 0 Å². The van der Waals surface area contributed by atoms with Crippen LogP contribution in [0.1, 0.15) is 37.5 Å². The van der Waals surface area contributed by atoms with Crippen LogP contribution in [0.4, 0.5) is 0 Å². The number of hydrogen-bond acceptors (Lipinski definition) is 3. The van der Waals surface area contributed by atoms with Crippen molar-refractivity contribution in [1.82, 2.24) is 0 Å². The maximum absolute atomic E-state index is 5.82. The van der Waals surface area contributed by atoms with Crippen LogP contribution in [0.3, 0.4) is 0 Å². The standard InChI is InChI=1S/C18H20O2S/c1-13(17-12-15-4-2-3-5-16(15)21-17)14-6-8-18(9-7-14)19-10-11-20-18/h2-5,12H,6-11H2,1H3. The summed E-state index contributed by atoms with van der Waals surface area (Å²) < 4.78 is 13.0. The molecule has 2 nitrogen and oxygen atoms in total. The van der Waals surface area contributed by atoms with Gasteiger partial charge in [-0.2, -0.15) is 0 Å². The zero-order valence-corrected chi connectivity index (χ0v) is 13.2. The summed E-state index contributed by atoms with van der Waals surface area (Å²) in [7, 11) is 0. The van der Waals surface area contributed by atoms with Gasteiger partial charge in [-0.05, 0) is 42.9 Å². The molecule has 1 saturated carbocycles. The molecule has 1 aliphatic carbocycles. The van der Waals surface area contributed by atoms with Crippen LogP contribution < -0.4 is 0 Å². The average molecular weight is 300 g/mol. The smallest absolute Gasteiger partial charge is 0.169 e. The molecule has 2 aromatic rings. The molecule has 2 fully saturated rings. The van der Waals surface area contributed by atoms with Crippen LogP contribution in [0, 0.1) is 0 Å². The number of thiophene rings is 1.